The van der Waals surface area contributed by atoms with Crippen LogP contribution in [-0.2, 0) is 6.54 Å². The molecule has 0 amide bonds. The van der Waals surface area contributed by atoms with Crippen LogP contribution in [0.5, 0.6) is 0 Å². The molecule has 0 spiro atoms. The second kappa shape index (κ2) is 6.14. The smallest absolute Gasteiger partial charge is 0.163 e. The first-order valence-electron chi connectivity index (χ1n) is 7.36. The number of aromatic nitrogens is 2. The van der Waals surface area contributed by atoms with Crippen molar-refractivity contribution in [1.29, 1.82) is 5.26 Å². The van der Waals surface area contributed by atoms with Crippen molar-refractivity contribution in [1.82, 2.24) is 9.97 Å². The molecule has 0 aliphatic carbocycles. The summed E-state index contributed by atoms with van der Waals surface area (Å²) in [6.45, 7) is 0.518. The zero-order valence-electron chi connectivity index (χ0n) is 12.6. The van der Waals surface area contributed by atoms with E-state index in [1.165, 1.54) is 6.20 Å². The largest absolute Gasteiger partial charge is 0.457 e. The third kappa shape index (κ3) is 2.85. The molecule has 5 nitrogen and oxygen atoms in total. The van der Waals surface area contributed by atoms with Gasteiger partial charge in [-0.1, -0.05) is 12.1 Å². The average molecular weight is 332 g/mol. The highest BCUT2D eigenvalue weighted by Gasteiger charge is 2.10. The van der Waals surface area contributed by atoms with Crippen LogP contribution in [0.3, 0.4) is 0 Å². The highest BCUT2D eigenvalue weighted by molar-refractivity contribution is 7.21. The van der Waals surface area contributed by atoms with Crippen LogP contribution in [0.4, 0.5) is 5.82 Å². The van der Waals surface area contributed by atoms with Gasteiger partial charge in [-0.2, -0.15) is 5.26 Å². The maximum absolute atomic E-state index is 8.77. The lowest BCUT2D eigenvalue weighted by atomic mass is 10.3. The van der Waals surface area contributed by atoms with Crippen LogP contribution in [0.2, 0.25) is 0 Å². The fourth-order valence-electron chi connectivity index (χ4n) is 2.31. The van der Waals surface area contributed by atoms with Crippen LogP contribution in [-0.4, -0.2) is 9.97 Å². The third-order valence-electron chi connectivity index (χ3n) is 3.50. The number of hydrogen-bond acceptors (Lipinski definition) is 6. The Morgan fingerprint density at radius 1 is 1.12 bits per heavy atom. The molecule has 4 rings (SSSR count). The number of nitrogens with zero attached hydrogens (tertiary/aromatic N) is 3. The van der Waals surface area contributed by atoms with Crippen LogP contribution in [0, 0.1) is 11.3 Å². The summed E-state index contributed by atoms with van der Waals surface area (Å²) in [5.74, 6) is 2.27. The monoisotopic (exact) mass is 332 g/mol. The molecule has 24 heavy (non-hydrogen) atoms. The summed E-state index contributed by atoms with van der Waals surface area (Å²) in [4.78, 5) is 8.77. The molecule has 3 aromatic heterocycles. The first kappa shape index (κ1) is 14.4. The standard InChI is InChI=1S/C18H12N4OS/c19-9-12-5-8-17(20-10-12)21-11-13-6-7-15(23-13)18-22-14-3-1-2-4-16(14)24-18/h1-8,10H,11H2,(H,20,21). The van der Waals surface area contributed by atoms with Gasteiger partial charge in [0.2, 0.25) is 0 Å². The summed E-state index contributed by atoms with van der Waals surface area (Å²) >= 11 is 1.61. The van der Waals surface area contributed by atoms with E-state index < -0.39 is 0 Å². The van der Waals surface area contributed by atoms with Gasteiger partial charge in [0.15, 0.2) is 10.8 Å². The van der Waals surface area contributed by atoms with Crippen molar-refractivity contribution in [3.05, 3.63) is 66.1 Å². The van der Waals surface area contributed by atoms with E-state index in [0.717, 1.165) is 26.7 Å². The number of anilines is 1. The number of thiazole rings is 1. The summed E-state index contributed by atoms with van der Waals surface area (Å²) in [7, 11) is 0. The summed E-state index contributed by atoms with van der Waals surface area (Å²) in [6.07, 6.45) is 1.54. The number of benzene rings is 1. The second-order valence-electron chi connectivity index (χ2n) is 5.15. The van der Waals surface area contributed by atoms with Gasteiger partial charge < -0.3 is 9.73 Å². The first-order valence-corrected chi connectivity index (χ1v) is 8.18. The van der Waals surface area contributed by atoms with Gasteiger partial charge in [0, 0.05) is 6.20 Å². The molecule has 4 aromatic rings. The first-order chi connectivity index (χ1) is 11.8. The topological polar surface area (TPSA) is 74.7 Å². The normalized spacial score (nSPS) is 10.6. The number of nitriles is 1. The minimum absolute atomic E-state index is 0.518. The molecule has 0 fully saturated rings. The quantitative estimate of drug-likeness (QED) is 0.598. The van der Waals surface area contributed by atoms with Crippen molar-refractivity contribution in [2.45, 2.75) is 6.54 Å². The average Bonchev–Trinajstić information content (AvgIpc) is 3.27. The van der Waals surface area contributed by atoms with E-state index in [4.69, 9.17) is 9.68 Å². The van der Waals surface area contributed by atoms with Gasteiger partial charge in [-0.15, -0.1) is 11.3 Å². The molecule has 1 aromatic carbocycles. The number of fused-ring (bicyclic) bond motifs is 1. The molecule has 0 radical (unpaired) electrons. The summed E-state index contributed by atoms with van der Waals surface area (Å²) in [5, 5.41) is 12.8. The van der Waals surface area contributed by atoms with Gasteiger partial charge in [-0.05, 0) is 36.4 Å². The Balaban J connectivity index is 1.49. The van der Waals surface area contributed by atoms with Gasteiger partial charge >= 0.3 is 0 Å². The molecule has 116 valence electrons. The molecule has 6 heteroatoms. The highest BCUT2D eigenvalue weighted by atomic mass is 32.1. The minimum atomic E-state index is 0.518. The summed E-state index contributed by atoms with van der Waals surface area (Å²) in [5.41, 5.74) is 1.52. The maximum Gasteiger partial charge on any atom is 0.163 e. The van der Waals surface area contributed by atoms with Crippen LogP contribution in [0.25, 0.3) is 21.0 Å². The van der Waals surface area contributed by atoms with E-state index >= 15 is 0 Å². The fraction of sp³-hybridized carbons (Fsp3) is 0.0556. The van der Waals surface area contributed by atoms with Gasteiger partial charge in [-0.25, -0.2) is 9.97 Å². The predicted molar refractivity (Wildman–Crippen MR) is 93.6 cm³/mol. The Morgan fingerprint density at radius 2 is 2.04 bits per heavy atom. The number of para-hydroxylation sites is 1. The van der Waals surface area contributed by atoms with Crippen LogP contribution in [0.1, 0.15) is 11.3 Å². The minimum Gasteiger partial charge on any atom is -0.457 e. The van der Waals surface area contributed by atoms with Gasteiger partial charge in [0.25, 0.3) is 0 Å². The molecule has 0 atom stereocenters. The fourth-order valence-corrected chi connectivity index (χ4v) is 3.24. The van der Waals surface area contributed by atoms with Crippen LogP contribution < -0.4 is 5.32 Å². The van der Waals surface area contributed by atoms with Crippen molar-refractivity contribution in [3.63, 3.8) is 0 Å². The number of pyridine rings is 1. The zero-order chi connectivity index (χ0) is 16.4. The van der Waals surface area contributed by atoms with Crippen molar-refractivity contribution in [2.75, 3.05) is 5.32 Å². The van der Waals surface area contributed by atoms with Crippen LogP contribution in [0.15, 0.2) is 59.1 Å². The molecule has 0 bridgehead atoms. The molecule has 1 N–H and O–H groups in total. The van der Waals surface area contributed by atoms with Crippen LogP contribution >= 0.6 is 11.3 Å². The van der Waals surface area contributed by atoms with E-state index in [1.54, 1.807) is 23.5 Å². The second-order valence-corrected chi connectivity index (χ2v) is 6.18. The van der Waals surface area contributed by atoms with Crippen molar-refractivity contribution in [2.24, 2.45) is 0 Å². The van der Waals surface area contributed by atoms with Gasteiger partial charge in [-0.3, -0.25) is 0 Å². The van der Waals surface area contributed by atoms with E-state index in [1.807, 2.05) is 36.4 Å². The number of furan rings is 1. The Kier molecular flexibility index (Phi) is 3.69. The predicted octanol–water partition coefficient (Wildman–Crippen LogP) is 4.44. The SMILES string of the molecule is N#Cc1ccc(NCc2ccc(-c3nc4ccccc4s3)o2)nc1. The molecule has 0 saturated carbocycles. The number of rotatable bonds is 4. The molecule has 3 heterocycles. The molecular formula is C18H12N4OS. The third-order valence-corrected chi connectivity index (χ3v) is 4.55. The maximum atomic E-state index is 8.77. The van der Waals surface area contributed by atoms with E-state index in [2.05, 4.69) is 21.4 Å². The molecule has 0 saturated heterocycles. The lowest BCUT2D eigenvalue weighted by Gasteiger charge is -2.02. The Hall–Kier alpha value is -3.17. The Bertz CT molecular complexity index is 994. The Labute approximate surface area is 142 Å². The van der Waals surface area contributed by atoms with Crippen molar-refractivity contribution in [3.8, 4) is 16.8 Å². The lowest BCUT2D eigenvalue weighted by molar-refractivity contribution is 0.531. The molecule has 0 aliphatic heterocycles. The molecule has 0 unspecified atom stereocenters. The van der Waals surface area contributed by atoms with Crippen molar-refractivity contribution >= 4 is 27.4 Å². The van der Waals surface area contributed by atoms with E-state index in [0.29, 0.717) is 17.9 Å². The van der Waals surface area contributed by atoms with Gasteiger partial charge in [0.1, 0.15) is 17.6 Å². The van der Waals surface area contributed by atoms with E-state index in [-0.39, 0.29) is 0 Å². The van der Waals surface area contributed by atoms with Crippen molar-refractivity contribution < 1.29 is 4.42 Å². The Morgan fingerprint density at radius 3 is 2.83 bits per heavy atom. The molecule has 0 aliphatic rings. The number of hydrogen-bond donors (Lipinski definition) is 1. The van der Waals surface area contributed by atoms with Gasteiger partial charge in [0.05, 0.1) is 22.3 Å². The van der Waals surface area contributed by atoms with E-state index in [9.17, 15) is 0 Å². The highest BCUT2D eigenvalue weighted by Crippen LogP contribution is 2.31. The lowest BCUT2D eigenvalue weighted by Crippen LogP contribution is -1.99. The number of nitrogens with one attached hydrogen (secondary N) is 1. The zero-order valence-corrected chi connectivity index (χ0v) is 13.4. The summed E-state index contributed by atoms with van der Waals surface area (Å²) < 4.78 is 7.02. The molecular weight excluding hydrogens is 320 g/mol. The summed E-state index contributed by atoms with van der Waals surface area (Å²) in [6, 6.07) is 17.4.